The van der Waals surface area contributed by atoms with Gasteiger partial charge in [-0.3, -0.25) is 0 Å². The van der Waals surface area contributed by atoms with E-state index in [4.69, 9.17) is 10.8 Å². The van der Waals surface area contributed by atoms with E-state index in [9.17, 15) is 0 Å². The molecular weight excluding hydrogens is 206 g/mol. The number of halogens is 1. The molecule has 0 fully saturated rings. The van der Waals surface area contributed by atoms with Crippen molar-refractivity contribution in [1.82, 2.24) is 0 Å². The van der Waals surface area contributed by atoms with Crippen molar-refractivity contribution in [3.05, 3.63) is 28.2 Å². The van der Waals surface area contributed by atoms with E-state index in [1.165, 1.54) is 0 Å². The SMILES string of the molecule is Nc1ccc(CCO)cc1Br. The molecule has 2 nitrogen and oxygen atoms in total. The van der Waals surface area contributed by atoms with Gasteiger partial charge in [0.2, 0.25) is 0 Å². The summed E-state index contributed by atoms with van der Waals surface area (Å²) in [7, 11) is 0. The second-order valence-corrected chi connectivity index (χ2v) is 3.18. The highest BCUT2D eigenvalue weighted by atomic mass is 79.9. The lowest BCUT2D eigenvalue weighted by atomic mass is 10.1. The van der Waals surface area contributed by atoms with Crippen LogP contribution in [0.4, 0.5) is 5.69 Å². The molecule has 0 unspecified atom stereocenters. The number of nitrogens with two attached hydrogens (primary N) is 1. The molecule has 0 amide bonds. The summed E-state index contributed by atoms with van der Waals surface area (Å²) in [5, 5.41) is 8.63. The Morgan fingerprint density at radius 2 is 2.18 bits per heavy atom. The number of aliphatic hydroxyl groups excluding tert-OH is 1. The van der Waals surface area contributed by atoms with Gasteiger partial charge in [0.05, 0.1) is 0 Å². The molecule has 3 heteroatoms. The summed E-state index contributed by atoms with van der Waals surface area (Å²) in [5.74, 6) is 0. The molecule has 1 aromatic carbocycles. The molecule has 0 bridgehead atoms. The lowest BCUT2D eigenvalue weighted by Gasteiger charge is -2.01. The molecule has 1 rings (SSSR count). The summed E-state index contributed by atoms with van der Waals surface area (Å²) in [5.41, 5.74) is 7.40. The monoisotopic (exact) mass is 215 g/mol. The average molecular weight is 216 g/mol. The third-order valence-corrected chi connectivity index (χ3v) is 2.15. The minimum Gasteiger partial charge on any atom is -0.398 e. The van der Waals surface area contributed by atoms with Crippen LogP contribution in [0.3, 0.4) is 0 Å². The summed E-state index contributed by atoms with van der Waals surface area (Å²) in [6.07, 6.45) is 0.679. The molecule has 60 valence electrons. The van der Waals surface area contributed by atoms with Gasteiger partial charge >= 0.3 is 0 Å². The number of aliphatic hydroxyl groups is 1. The molecule has 3 N–H and O–H groups in total. The van der Waals surface area contributed by atoms with E-state index in [-0.39, 0.29) is 6.61 Å². The normalized spacial score (nSPS) is 10.0. The van der Waals surface area contributed by atoms with Crippen molar-refractivity contribution in [2.24, 2.45) is 0 Å². The van der Waals surface area contributed by atoms with E-state index in [1.807, 2.05) is 18.2 Å². The highest BCUT2D eigenvalue weighted by Crippen LogP contribution is 2.20. The minimum absolute atomic E-state index is 0.177. The Morgan fingerprint density at radius 3 is 2.73 bits per heavy atom. The molecule has 0 saturated carbocycles. The number of rotatable bonds is 2. The molecule has 0 saturated heterocycles. The van der Waals surface area contributed by atoms with Gasteiger partial charge in [-0.1, -0.05) is 6.07 Å². The lowest BCUT2D eigenvalue weighted by Crippen LogP contribution is -1.92. The Kier molecular flexibility index (Phi) is 2.91. The van der Waals surface area contributed by atoms with Crippen LogP contribution in [-0.4, -0.2) is 11.7 Å². The summed E-state index contributed by atoms with van der Waals surface area (Å²) in [6.45, 7) is 0.177. The van der Waals surface area contributed by atoms with Gasteiger partial charge in [-0.2, -0.15) is 0 Å². The predicted octanol–water partition coefficient (Wildman–Crippen LogP) is 1.57. The maximum absolute atomic E-state index is 8.63. The fourth-order valence-electron chi connectivity index (χ4n) is 0.855. The molecule has 0 aliphatic carbocycles. The Hall–Kier alpha value is -0.540. The van der Waals surface area contributed by atoms with Crippen LogP contribution < -0.4 is 5.73 Å². The van der Waals surface area contributed by atoms with Crippen molar-refractivity contribution >= 4 is 21.6 Å². The zero-order valence-electron chi connectivity index (χ0n) is 6.05. The van der Waals surface area contributed by atoms with Crippen LogP contribution in [0.15, 0.2) is 22.7 Å². The van der Waals surface area contributed by atoms with E-state index >= 15 is 0 Å². The predicted molar refractivity (Wildman–Crippen MR) is 49.3 cm³/mol. The second-order valence-electron chi connectivity index (χ2n) is 2.33. The van der Waals surface area contributed by atoms with Gasteiger partial charge in [0, 0.05) is 16.8 Å². The van der Waals surface area contributed by atoms with Crippen LogP contribution in [0.25, 0.3) is 0 Å². The first-order valence-electron chi connectivity index (χ1n) is 3.39. The van der Waals surface area contributed by atoms with Crippen LogP contribution >= 0.6 is 15.9 Å². The van der Waals surface area contributed by atoms with E-state index < -0.39 is 0 Å². The maximum atomic E-state index is 8.63. The zero-order chi connectivity index (χ0) is 8.27. The highest BCUT2D eigenvalue weighted by Gasteiger charge is 1.96. The first-order valence-corrected chi connectivity index (χ1v) is 4.18. The first kappa shape index (κ1) is 8.56. The minimum atomic E-state index is 0.177. The first-order chi connectivity index (χ1) is 5.24. The summed E-state index contributed by atoms with van der Waals surface area (Å²) in [4.78, 5) is 0. The number of hydrogen-bond donors (Lipinski definition) is 2. The molecule has 1 aromatic rings. The Bertz CT molecular complexity index is 250. The standard InChI is InChI=1S/C8H10BrNO/c9-7-5-6(3-4-11)1-2-8(7)10/h1-2,5,11H,3-4,10H2. The molecule has 0 aliphatic heterocycles. The topological polar surface area (TPSA) is 46.2 Å². The van der Waals surface area contributed by atoms with Gasteiger partial charge in [-0.25, -0.2) is 0 Å². The van der Waals surface area contributed by atoms with Gasteiger partial charge in [-0.15, -0.1) is 0 Å². The Labute approximate surface area is 74.2 Å². The fourth-order valence-corrected chi connectivity index (χ4v) is 1.28. The van der Waals surface area contributed by atoms with Crippen LogP contribution in [0.2, 0.25) is 0 Å². The highest BCUT2D eigenvalue weighted by molar-refractivity contribution is 9.10. The molecule has 0 aliphatic rings. The van der Waals surface area contributed by atoms with Crippen molar-refractivity contribution < 1.29 is 5.11 Å². The molecule has 0 aromatic heterocycles. The van der Waals surface area contributed by atoms with Crippen molar-refractivity contribution in [2.45, 2.75) is 6.42 Å². The van der Waals surface area contributed by atoms with E-state index in [2.05, 4.69) is 15.9 Å². The van der Waals surface area contributed by atoms with Gasteiger partial charge in [0.25, 0.3) is 0 Å². The Balaban J connectivity index is 2.86. The quantitative estimate of drug-likeness (QED) is 0.737. The summed E-state index contributed by atoms with van der Waals surface area (Å²) >= 11 is 3.31. The smallest absolute Gasteiger partial charge is 0.0471 e. The number of nitrogen functional groups attached to an aromatic ring is 1. The van der Waals surface area contributed by atoms with Gasteiger partial charge < -0.3 is 10.8 Å². The molecule has 0 spiro atoms. The Morgan fingerprint density at radius 1 is 1.45 bits per heavy atom. The van der Waals surface area contributed by atoms with Crippen molar-refractivity contribution in [2.75, 3.05) is 12.3 Å². The summed E-state index contributed by atoms with van der Waals surface area (Å²) in [6, 6.07) is 5.66. The van der Waals surface area contributed by atoms with E-state index in [1.54, 1.807) is 0 Å². The largest absolute Gasteiger partial charge is 0.398 e. The van der Waals surface area contributed by atoms with Gasteiger partial charge in [0.1, 0.15) is 0 Å². The molecule has 11 heavy (non-hydrogen) atoms. The van der Waals surface area contributed by atoms with Gasteiger partial charge in [-0.05, 0) is 40.0 Å². The van der Waals surface area contributed by atoms with E-state index in [0.717, 1.165) is 15.7 Å². The lowest BCUT2D eigenvalue weighted by molar-refractivity contribution is 0.299. The molecule has 0 heterocycles. The van der Waals surface area contributed by atoms with Crippen molar-refractivity contribution in [1.29, 1.82) is 0 Å². The summed E-state index contributed by atoms with van der Waals surface area (Å²) < 4.78 is 0.892. The van der Waals surface area contributed by atoms with E-state index in [0.29, 0.717) is 6.42 Å². The third-order valence-electron chi connectivity index (χ3n) is 1.47. The molecule has 0 radical (unpaired) electrons. The van der Waals surface area contributed by atoms with Gasteiger partial charge in [0.15, 0.2) is 0 Å². The maximum Gasteiger partial charge on any atom is 0.0471 e. The third kappa shape index (κ3) is 2.20. The van der Waals surface area contributed by atoms with Crippen LogP contribution in [0, 0.1) is 0 Å². The van der Waals surface area contributed by atoms with Crippen LogP contribution in [0.5, 0.6) is 0 Å². The van der Waals surface area contributed by atoms with Crippen molar-refractivity contribution in [3.8, 4) is 0 Å². The number of benzene rings is 1. The molecule has 0 atom stereocenters. The van der Waals surface area contributed by atoms with Crippen molar-refractivity contribution in [3.63, 3.8) is 0 Å². The van der Waals surface area contributed by atoms with Crippen LogP contribution in [0.1, 0.15) is 5.56 Å². The fraction of sp³-hybridized carbons (Fsp3) is 0.250. The molecular formula is C8H10BrNO. The zero-order valence-corrected chi connectivity index (χ0v) is 7.63. The average Bonchev–Trinajstić information content (AvgIpc) is 1.98. The second kappa shape index (κ2) is 3.74. The number of hydrogen-bond acceptors (Lipinski definition) is 2. The van der Waals surface area contributed by atoms with Crippen LogP contribution in [-0.2, 0) is 6.42 Å². The number of anilines is 1.